The third kappa shape index (κ3) is 5.37. The molecule has 0 atom stereocenters. The highest BCUT2D eigenvalue weighted by molar-refractivity contribution is 6.67. The van der Waals surface area contributed by atoms with E-state index in [0.29, 0.717) is 17.1 Å². The molecule has 0 unspecified atom stereocenters. The first-order valence-corrected chi connectivity index (χ1v) is 9.64. The van der Waals surface area contributed by atoms with Crippen LogP contribution in [0.1, 0.15) is 36.7 Å². The molecule has 150 valence electrons. The SMILES string of the molecule is CC(C)(C)OC(Oc1ccccc1)(Oc1ccccc1)c1ccccc1C(=O)Cl. The summed E-state index contributed by atoms with van der Waals surface area (Å²) in [6.45, 7) is 5.65. The normalized spacial score (nSPS) is 11.7. The second kappa shape index (κ2) is 8.68. The molecule has 3 aromatic rings. The van der Waals surface area contributed by atoms with Crippen LogP contribution in [-0.2, 0) is 10.7 Å². The number of carbonyl (C=O) groups excluding carboxylic acids is 1. The molecule has 3 rings (SSSR count). The molecule has 0 heterocycles. The summed E-state index contributed by atoms with van der Waals surface area (Å²) < 4.78 is 19.0. The van der Waals surface area contributed by atoms with E-state index in [1.807, 2.05) is 57.2 Å². The summed E-state index contributed by atoms with van der Waals surface area (Å²) in [6.07, 6.45) is 0. The maximum absolute atomic E-state index is 12.2. The van der Waals surface area contributed by atoms with E-state index in [4.69, 9.17) is 25.8 Å². The Morgan fingerprint density at radius 3 is 1.62 bits per heavy atom. The predicted octanol–water partition coefficient (Wildman–Crippen LogP) is 6.15. The van der Waals surface area contributed by atoms with Crippen molar-refractivity contribution in [3.63, 3.8) is 0 Å². The van der Waals surface area contributed by atoms with Crippen LogP contribution in [0.15, 0.2) is 84.9 Å². The number of carbonyl (C=O) groups is 1. The zero-order valence-corrected chi connectivity index (χ0v) is 17.3. The molecule has 0 amide bonds. The van der Waals surface area contributed by atoms with E-state index in [1.54, 1.807) is 48.5 Å². The van der Waals surface area contributed by atoms with Crippen molar-refractivity contribution in [3.8, 4) is 11.5 Å². The second-order valence-corrected chi connectivity index (χ2v) is 7.76. The third-order valence-electron chi connectivity index (χ3n) is 3.90. The minimum atomic E-state index is -1.75. The molecule has 5 heteroatoms. The molecule has 0 aliphatic rings. The zero-order chi connectivity index (χ0) is 20.9. The molecule has 0 saturated heterocycles. The Morgan fingerprint density at radius 2 is 1.17 bits per heavy atom. The van der Waals surface area contributed by atoms with Crippen LogP contribution in [0.2, 0.25) is 0 Å². The van der Waals surface area contributed by atoms with Crippen LogP contribution < -0.4 is 9.47 Å². The smallest absolute Gasteiger partial charge is 0.402 e. The molecule has 0 bridgehead atoms. The van der Waals surface area contributed by atoms with Gasteiger partial charge in [-0.15, -0.1) is 0 Å². The van der Waals surface area contributed by atoms with E-state index >= 15 is 0 Å². The lowest BCUT2D eigenvalue weighted by Crippen LogP contribution is -2.48. The van der Waals surface area contributed by atoms with Crippen LogP contribution in [0.25, 0.3) is 0 Å². The van der Waals surface area contributed by atoms with Gasteiger partial charge >= 0.3 is 5.97 Å². The third-order valence-corrected chi connectivity index (χ3v) is 4.10. The second-order valence-electron chi connectivity index (χ2n) is 7.42. The van der Waals surface area contributed by atoms with Gasteiger partial charge in [0.05, 0.1) is 11.2 Å². The number of para-hydroxylation sites is 2. The van der Waals surface area contributed by atoms with Gasteiger partial charge in [-0.25, -0.2) is 0 Å². The fraction of sp³-hybridized carbons (Fsp3) is 0.208. The van der Waals surface area contributed by atoms with Crippen molar-refractivity contribution < 1.29 is 19.0 Å². The van der Waals surface area contributed by atoms with Gasteiger partial charge in [0.2, 0.25) is 0 Å². The average molecular weight is 411 g/mol. The minimum Gasteiger partial charge on any atom is -0.426 e. The van der Waals surface area contributed by atoms with Crippen molar-refractivity contribution in [1.82, 2.24) is 0 Å². The highest BCUT2D eigenvalue weighted by atomic mass is 35.5. The van der Waals surface area contributed by atoms with E-state index in [9.17, 15) is 4.79 Å². The molecule has 0 radical (unpaired) electrons. The number of ether oxygens (including phenoxy) is 3. The van der Waals surface area contributed by atoms with Crippen LogP contribution in [-0.4, -0.2) is 10.8 Å². The number of hydrogen-bond acceptors (Lipinski definition) is 4. The van der Waals surface area contributed by atoms with Gasteiger partial charge in [-0.1, -0.05) is 48.5 Å². The molecule has 0 aliphatic heterocycles. The zero-order valence-electron chi connectivity index (χ0n) is 16.6. The molecule has 0 saturated carbocycles. The molecule has 0 aromatic heterocycles. The molecule has 0 spiro atoms. The maximum atomic E-state index is 12.2. The summed E-state index contributed by atoms with van der Waals surface area (Å²) in [5.41, 5.74) is -0.0561. The monoisotopic (exact) mass is 410 g/mol. The fourth-order valence-electron chi connectivity index (χ4n) is 2.84. The Kier molecular flexibility index (Phi) is 6.26. The summed E-state index contributed by atoms with van der Waals surface area (Å²) in [4.78, 5) is 12.2. The Bertz CT molecular complexity index is 908. The summed E-state index contributed by atoms with van der Waals surface area (Å²) in [6, 6.07) is 25.2. The molecule has 0 N–H and O–H groups in total. The van der Waals surface area contributed by atoms with E-state index in [-0.39, 0.29) is 5.56 Å². The molecule has 3 aromatic carbocycles. The van der Waals surface area contributed by atoms with Crippen molar-refractivity contribution in [2.75, 3.05) is 0 Å². The lowest BCUT2D eigenvalue weighted by atomic mass is 10.0. The van der Waals surface area contributed by atoms with E-state index < -0.39 is 16.8 Å². The largest absolute Gasteiger partial charge is 0.426 e. The van der Waals surface area contributed by atoms with E-state index in [0.717, 1.165) is 0 Å². The van der Waals surface area contributed by atoms with Gasteiger partial charge in [0.25, 0.3) is 5.24 Å². The number of halogens is 1. The van der Waals surface area contributed by atoms with Crippen molar-refractivity contribution in [2.45, 2.75) is 32.3 Å². The van der Waals surface area contributed by atoms with Crippen molar-refractivity contribution in [1.29, 1.82) is 0 Å². The number of rotatable bonds is 7. The molecular formula is C24H23ClO4. The number of benzene rings is 3. The lowest BCUT2D eigenvalue weighted by Gasteiger charge is -2.39. The summed E-state index contributed by atoms with van der Waals surface area (Å²) in [5.74, 6) is -0.712. The first-order valence-electron chi connectivity index (χ1n) is 9.27. The van der Waals surface area contributed by atoms with Gasteiger partial charge in [0.1, 0.15) is 11.5 Å². The van der Waals surface area contributed by atoms with Gasteiger partial charge in [0, 0.05) is 5.56 Å². The van der Waals surface area contributed by atoms with Gasteiger partial charge in [-0.2, -0.15) is 0 Å². The van der Waals surface area contributed by atoms with E-state index in [2.05, 4.69) is 0 Å². The molecular weight excluding hydrogens is 388 g/mol. The Balaban J connectivity index is 2.22. The van der Waals surface area contributed by atoms with Crippen molar-refractivity contribution in [2.24, 2.45) is 0 Å². The predicted molar refractivity (Wildman–Crippen MR) is 113 cm³/mol. The van der Waals surface area contributed by atoms with Crippen LogP contribution in [0.3, 0.4) is 0 Å². The van der Waals surface area contributed by atoms with Crippen LogP contribution in [0.4, 0.5) is 0 Å². The van der Waals surface area contributed by atoms with Crippen LogP contribution in [0.5, 0.6) is 11.5 Å². The molecule has 0 fully saturated rings. The van der Waals surface area contributed by atoms with Gasteiger partial charge < -0.3 is 9.47 Å². The van der Waals surface area contributed by atoms with Gasteiger partial charge in [-0.3, -0.25) is 9.53 Å². The molecule has 4 nitrogen and oxygen atoms in total. The van der Waals surface area contributed by atoms with Crippen LogP contribution in [0, 0.1) is 0 Å². The fourth-order valence-corrected chi connectivity index (χ4v) is 3.00. The van der Waals surface area contributed by atoms with Crippen LogP contribution >= 0.6 is 11.6 Å². The van der Waals surface area contributed by atoms with Crippen molar-refractivity contribution >= 4 is 16.8 Å². The first kappa shape index (κ1) is 20.9. The molecule has 0 aliphatic carbocycles. The Morgan fingerprint density at radius 1 is 0.724 bits per heavy atom. The average Bonchev–Trinajstić information content (AvgIpc) is 2.68. The highest BCUT2D eigenvalue weighted by Gasteiger charge is 2.45. The Labute approximate surface area is 176 Å². The standard InChI is InChI=1S/C24H23ClO4/c1-23(2,3)29-24(27-18-12-6-4-7-13-18,28-19-14-8-5-9-15-19)21-17-11-10-16-20(21)22(25)26/h4-17H,1-3H3. The van der Waals surface area contributed by atoms with Crippen molar-refractivity contribution in [3.05, 3.63) is 96.1 Å². The molecule has 29 heavy (non-hydrogen) atoms. The topological polar surface area (TPSA) is 44.8 Å². The van der Waals surface area contributed by atoms with Gasteiger partial charge in [0.15, 0.2) is 0 Å². The Hall–Kier alpha value is -2.82. The summed E-state index contributed by atoms with van der Waals surface area (Å²) in [5, 5.41) is -0.629. The minimum absolute atomic E-state index is 0.241. The maximum Gasteiger partial charge on any atom is 0.402 e. The lowest BCUT2D eigenvalue weighted by molar-refractivity contribution is -0.348. The quantitative estimate of drug-likeness (QED) is 0.346. The highest BCUT2D eigenvalue weighted by Crippen LogP contribution is 2.38. The van der Waals surface area contributed by atoms with E-state index in [1.165, 1.54) is 0 Å². The summed E-state index contributed by atoms with van der Waals surface area (Å²) >= 11 is 5.89. The van der Waals surface area contributed by atoms with Gasteiger partial charge in [-0.05, 0) is 68.8 Å². The summed E-state index contributed by atoms with van der Waals surface area (Å²) in [7, 11) is 0. The first-order chi connectivity index (χ1) is 13.8. The number of hydrogen-bond donors (Lipinski definition) is 0.